The Labute approximate surface area is 158 Å². The number of nitrogens with zero attached hydrogens (tertiary/aromatic N) is 1. The van der Waals surface area contributed by atoms with Crippen LogP contribution in [-0.2, 0) is 16.1 Å². The van der Waals surface area contributed by atoms with Crippen molar-refractivity contribution in [3.8, 4) is 11.5 Å². The van der Waals surface area contributed by atoms with Crippen LogP contribution < -0.4 is 9.47 Å². The Morgan fingerprint density at radius 1 is 1.07 bits per heavy atom. The average Bonchev–Trinajstić information content (AvgIpc) is 2.69. The highest BCUT2D eigenvalue weighted by molar-refractivity contribution is 5.84. The molecule has 5 nitrogen and oxygen atoms in total. The first-order chi connectivity index (χ1) is 13.2. The maximum Gasteiger partial charge on any atom is 0.303 e. The number of fused-ring (bicyclic) bond motifs is 1. The fourth-order valence-corrected chi connectivity index (χ4v) is 2.74. The van der Waals surface area contributed by atoms with E-state index in [4.69, 9.17) is 14.2 Å². The smallest absolute Gasteiger partial charge is 0.303 e. The minimum Gasteiger partial charge on any atom is -0.490 e. The number of benzene rings is 2. The summed E-state index contributed by atoms with van der Waals surface area (Å²) in [5, 5.41) is 1.04. The minimum atomic E-state index is -0.295. The Bertz CT molecular complexity index is 904. The number of hydrogen-bond acceptors (Lipinski definition) is 5. The van der Waals surface area contributed by atoms with Gasteiger partial charge in [0.25, 0.3) is 0 Å². The van der Waals surface area contributed by atoms with E-state index in [1.165, 1.54) is 6.92 Å². The summed E-state index contributed by atoms with van der Waals surface area (Å²) in [5.74, 6) is 1.18. The second-order valence-electron chi connectivity index (χ2n) is 6.22. The lowest BCUT2D eigenvalue weighted by Crippen LogP contribution is -2.23. The molecule has 140 valence electrons. The number of ether oxygens (including phenoxy) is 3. The summed E-state index contributed by atoms with van der Waals surface area (Å²) in [5.41, 5.74) is 1.83. The van der Waals surface area contributed by atoms with Gasteiger partial charge in [-0.3, -0.25) is 9.78 Å². The fourth-order valence-electron chi connectivity index (χ4n) is 2.74. The predicted molar refractivity (Wildman–Crippen MR) is 104 cm³/mol. The molecule has 0 amide bonds. The van der Waals surface area contributed by atoms with E-state index in [9.17, 15) is 4.79 Å². The monoisotopic (exact) mass is 365 g/mol. The van der Waals surface area contributed by atoms with Gasteiger partial charge in [0.15, 0.2) is 0 Å². The van der Waals surface area contributed by atoms with Crippen LogP contribution in [-0.4, -0.2) is 23.7 Å². The highest BCUT2D eigenvalue weighted by Gasteiger charge is 2.11. The van der Waals surface area contributed by atoms with Crippen molar-refractivity contribution in [2.45, 2.75) is 33.0 Å². The summed E-state index contributed by atoms with van der Waals surface area (Å²) >= 11 is 0. The van der Waals surface area contributed by atoms with Gasteiger partial charge in [0.05, 0.1) is 0 Å². The summed E-state index contributed by atoms with van der Waals surface area (Å²) in [6, 6.07) is 17.5. The molecule has 1 heterocycles. The Hall–Kier alpha value is -3.08. The Balaban J connectivity index is 1.63. The van der Waals surface area contributed by atoms with Gasteiger partial charge >= 0.3 is 5.97 Å². The van der Waals surface area contributed by atoms with Crippen molar-refractivity contribution in [2.75, 3.05) is 6.61 Å². The van der Waals surface area contributed by atoms with Crippen LogP contribution in [0.4, 0.5) is 0 Å². The molecule has 0 radical (unpaired) electrons. The third-order valence-corrected chi connectivity index (χ3v) is 4.11. The average molecular weight is 365 g/mol. The predicted octanol–water partition coefficient (Wildman–Crippen LogP) is 4.53. The van der Waals surface area contributed by atoms with Gasteiger partial charge in [-0.15, -0.1) is 0 Å². The van der Waals surface area contributed by atoms with Crippen LogP contribution in [0.2, 0.25) is 0 Å². The van der Waals surface area contributed by atoms with Crippen LogP contribution in [0.15, 0.2) is 60.8 Å². The number of rotatable bonds is 8. The minimum absolute atomic E-state index is 0.246. The largest absolute Gasteiger partial charge is 0.490 e. The number of carbonyl (C=O) groups excluding carboxylic acids is 1. The van der Waals surface area contributed by atoms with E-state index in [-0.39, 0.29) is 12.1 Å². The van der Waals surface area contributed by atoms with Gasteiger partial charge in [0, 0.05) is 18.5 Å². The maximum absolute atomic E-state index is 11.1. The molecule has 0 saturated carbocycles. The van der Waals surface area contributed by atoms with E-state index in [0.717, 1.165) is 28.0 Å². The van der Waals surface area contributed by atoms with Crippen molar-refractivity contribution in [1.82, 2.24) is 4.98 Å². The number of carbonyl (C=O) groups is 1. The second kappa shape index (κ2) is 9.03. The molecular formula is C22H23NO4. The van der Waals surface area contributed by atoms with Crippen molar-refractivity contribution in [3.63, 3.8) is 0 Å². The van der Waals surface area contributed by atoms with E-state index in [1.807, 2.05) is 61.5 Å². The zero-order valence-electron chi connectivity index (χ0n) is 15.6. The van der Waals surface area contributed by atoms with E-state index in [2.05, 4.69) is 4.98 Å². The van der Waals surface area contributed by atoms with Gasteiger partial charge in [0.1, 0.15) is 36.3 Å². The molecule has 3 aromatic rings. The normalized spacial score (nSPS) is 11.8. The zero-order valence-corrected chi connectivity index (χ0v) is 15.6. The molecule has 3 rings (SSSR count). The van der Waals surface area contributed by atoms with Gasteiger partial charge in [-0.1, -0.05) is 37.3 Å². The SMILES string of the molecule is CCC(COc1cccc(COc2cccc3cccnc23)c1)OC(C)=O. The van der Waals surface area contributed by atoms with Crippen molar-refractivity contribution in [3.05, 3.63) is 66.4 Å². The molecule has 0 aliphatic rings. The van der Waals surface area contributed by atoms with Gasteiger partial charge in [-0.05, 0) is 36.2 Å². The molecule has 0 aliphatic carbocycles. The Morgan fingerprint density at radius 2 is 1.89 bits per heavy atom. The number of hydrogen-bond donors (Lipinski definition) is 0. The number of esters is 1. The molecule has 0 spiro atoms. The summed E-state index contributed by atoms with van der Waals surface area (Å²) in [6.07, 6.45) is 2.22. The second-order valence-corrected chi connectivity index (χ2v) is 6.22. The Morgan fingerprint density at radius 3 is 2.70 bits per heavy atom. The van der Waals surface area contributed by atoms with Gasteiger partial charge in [0.2, 0.25) is 0 Å². The van der Waals surface area contributed by atoms with Crippen LogP contribution in [0.5, 0.6) is 11.5 Å². The van der Waals surface area contributed by atoms with Crippen LogP contribution in [0.25, 0.3) is 10.9 Å². The van der Waals surface area contributed by atoms with E-state index in [1.54, 1.807) is 6.20 Å². The topological polar surface area (TPSA) is 57.6 Å². The molecule has 27 heavy (non-hydrogen) atoms. The zero-order chi connectivity index (χ0) is 19.1. The number of para-hydroxylation sites is 1. The molecule has 0 bridgehead atoms. The van der Waals surface area contributed by atoms with Crippen LogP contribution in [0.3, 0.4) is 0 Å². The standard InChI is InChI=1S/C22H23NO4/c1-3-19(27-16(2)24)15-25-20-10-4-7-17(13-20)14-26-21-11-5-8-18-9-6-12-23-22(18)21/h4-13,19H,3,14-15H2,1-2H3. The molecule has 5 heteroatoms. The summed E-state index contributed by atoms with van der Waals surface area (Å²) in [7, 11) is 0. The summed E-state index contributed by atoms with van der Waals surface area (Å²) in [4.78, 5) is 15.5. The molecule has 1 unspecified atom stereocenters. The summed E-state index contributed by atoms with van der Waals surface area (Å²) in [6.45, 7) is 4.10. The molecule has 1 atom stereocenters. The van der Waals surface area contributed by atoms with E-state index < -0.39 is 0 Å². The molecule has 2 aromatic carbocycles. The van der Waals surface area contributed by atoms with Crippen molar-refractivity contribution in [2.24, 2.45) is 0 Å². The number of aromatic nitrogens is 1. The fraction of sp³-hybridized carbons (Fsp3) is 0.273. The molecule has 0 fully saturated rings. The third-order valence-electron chi connectivity index (χ3n) is 4.11. The summed E-state index contributed by atoms with van der Waals surface area (Å²) < 4.78 is 17.0. The van der Waals surface area contributed by atoms with E-state index >= 15 is 0 Å². The quantitative estimate of drug-likeness (QED) is 0.549. The highest BCUT2D eigenvalue weighted by atomic mass is 16.6. The van der Waals surface area contributed by atoms with Gasteiger partial charge in [-0.2, -0.15) is 0 Å². The highest BCUT2D eigenvalue weighted by Crippen LogP contribution is 2.24. The van der Waals surface area contributed by atoms with Crippen molar-refractivity contribution >= 4 is 16.9 Å². The first kappa shape index (κ1) is 18.7. The third kappa shape index (κ3) is 5.20. The molecule has 1 aromatic heterocycles. The molecule has 0 N–H and O–H groups in total. The lowest BCUT2D eigenvalue weighted by Gasteiger charge is -2.16. The van der Waals surface area contributed by atoms with E-state index in [0.29, 0.717) is 19.6 Å². The van der Waals surface area contributed by atoms with Crippen molar-refractivity contribution in [1.29, 1.82) is 0 Å². The van der Waals surface area contributed by atoms with Gasteiger partial charge < -0.3 is 14.2 Å². The first-order valence-corrected chi connectivity index (χ1v) is 9.01. The molecular weight excluding hydrogens is 342 g/mol. The molecule has 0 saturated heterocycles. The number of pyridine rings is 1. The van der Waals surface area contributed by atoms with Crippen LogP contribution in [0, 0.1) is 0 Å². The first-order valence-electron chi connectivity index (χ1n) is 9.01. The lowest BCUT2D eigenvalue weighted by molar-refractivity contribution is -0.147. The lowest BCUT2D eigenvalue weighted by atomic mass is 10.2. The van der Waals surface area contributed by atoms with Crippen molar-refractivity contribution < 1.29 is 19.0 Å². The van der Waals surface area contributed by atoms with Crippen LogP contribution >= 0.6 is 0 Å². The maximum atomic E-state index is 11.1. The Kier molecular flexibility index (Phi) is 6.26. The van der Waals surface area contributed by atoms with Gasteiger partial charge in [-0.25, -0.2) is 0 Å². The molecule has 0 aliphatic heterocycles. The van der Waals surface area contributed by atoms with Crippen LogP contribution in [0.1, 0.15) is 25.8 Å².